The minimum Gasteiger partial charge on any atom is -0.391 e. The van der Waals surface area contributed by atoms with Gasteiger partial charge in [-0.1, -0.05) is 32.8 Å². The number of para-hydroxylation sites is 1. The Balaban J connectivity index is 2.88. The number of nitro benzene ring substituents is 1. The molecule has 0 radical (unpaired) electrons. The van der Waals surface area contributed by atoms with E-state index >= 15 is 0 Å². The highest BCUT2D eigenvalue weighted by Crippen LogP contribution is 2.32. The minimum absolute atomic E-state index is 0.0242. The van der Waals surface area contributed by atoms with E-state index in [-0.39, 0.29) is 11.6 Å². The second-order valence-electron chi connectivity index (χ2n) is 5.01. The Hall–Kier alpha value is -1.82. The van der Waals surface area contributed by atoms with Crippen LogP contribution in [0.25, 0.3) is 0 Å². The van der Waals surface area contributed by atoms with Crippen LogP contribution >= 0.6 is 0 Å². The van der Waals surface area contributed by atoms with Crippen LogP contribution in [0.5, 0.6) is 0 Å². The van der Waals surface area contributed by atoms with Gasteiger partial charge in [-0.05, 0) is 25.0 Å². The molecule has 1 unspecified atom stereocenters. The van der Waals surface area contributed by atoms with Gasteiger partial charge < -0.3 is 15.7 Å². The van der Waals surface area contributed by atoms with Gasteiger partial charge in [-0.15, -0.1) is 0 Å². The third kappa shape index (κ3) is 4.60. The quantitative estimate of drug-likeness (QED) is 0.481. The van der Waals surface area contributed by atoms with Crippen molar-refractivity contribution in [1.82, 2.24) is 0 Å². The number of rotatable bonds is 9. The summed E-state index contributed by atoms with van der Waals surface area (Å²) in [5.74, 6) is 0.202. The number of hydrogen-bond acceptors (Lipinski definition) is 5. The Bertz CT molecular complexity index is 461. The van der Waals surface area contributed by atoms with Crippen LogP contribution in [0.15, 0.2) is 18.2 Å². The van der Waals surface area contributed by atoms with Gasteiger partial charge in [-0.25, -0.2) is 0 Å². The molecular formula is C15H25N3O3. The summed E-state index contributed by atoms with van der Waals surface area (Å²) in [5, 5.41) is 27.4. The highest BCUT2D eigenvalue weighted by Gasteiger charge is 2.21. The normalized spacial score (nSPS) is 12.2. The fraction of sp³-hybridized carbons (Fsp3) is 0.600. The molecule has 0 aliphatic rings. The number of hydrogen-bond donors (Lipinski definition) is 3. The van der Waals surface area contributed by atoms with Crippen molar-refractivity contribution < 1.29 is 10.0 Å². The molecule has 21 heavy (non-hydrogen) atoms. The average molecular weight is 295 g/mol. The molecule has 1 atom stereocenters. The first-order chi connectivity index (χ1) is 10.0. The summed E-state index contributed by atoms with van der Waals surface area (Å²) >= 11 is 0. The second-order valence-corrected chi connectivity index (χ2v) is 5.01. The van der Waals surface area contributed by atoms with Gasteiger partial charge in [0.1, 0.15) is 11.4 Å². The number of nitrogens with zero attached hydrogens (tertiary/aromatic N) is 1. The lowest BCUT2D eigenvalue weighted by atomic mass is 9.96. The van der Waals surface area contributed by atoms with Crippen molar-refractivity contribution in [3.05, 3.63) is 28.3 Å². The average Bonchev–Trinajstić information content (AvgIpc) is 2.46. The van der Waals surface area contributed by atoms with Crippen molar-refractivity contribution in [1.29, 1.82) is 0 Å². The molecule has 0 spiro atoms. The topological polar surface area (TPSA) is 87.4 Å². The number of aliphatic hydroxyl groups excluding tert-OH is 1. The van der Waals surface area contributed by atoms with Crippen molar-refractivity contribution >= 4 is 17.1 Å². The SMILES string of the molecule is CCNc1cccc(NCC(O)C(CC)CC)c1[N+](=O)[O-]. The molecule has 118 valence electrons. The predicted molar refractivity (Wildman–Crippen MR) is 85.8 cm³/mol. The van der Waals surface area contributed by atoms with Crippen LogP contribution in [0.4, 0.5) is 17.1 Å². The standard InChI is InChI=1S/C15H25N3O3/c1-4-11(5-2)14(19)10-17-13-9-7-8-12(16-6-3)15(13)18(20)21/h7-9,11,14,16-17,19H,4-6,10H2,1-3H3. The Kier molecular flexibility index (Phi) is 6.94. The van der Waals surface area contributed by atoms with Crippen LogP contribution in [-0.2, 0) is 0 Å². The third-order valence-electron chi connectivity index (χ3n) is 3.68. The van der Waals surface area contributed by atoms with Gasteiger partial charge in [0.15, 0.2) is 0 Å². The van der Waals surface area contributed by atoms with E-state index in [1.54, 1.807) is 18.2 Å². The molecule has 0 aliphatic carbocycles. The van der Waals surface area contributed by atoms with E-state index in [4.69, 9.17) is 0 Å². The Morgan fingerprint density at radius 3 is 2.24 bits per heavy atom. The van der Waals surface area contributed by atoms with E-state index in [0.29, 0.717) is 24.5 Å². The third-order valence-corrected chi connectivity index (χ3v) is 3.68. The number of aliphatic hydroxyl groups is 1. The van der Waals surface area contributed by atoms with Crippen LogP contribution < -0.4 is 10.6 Å². The van der Waals surface area contributed by atoms with Gasteiger partial charge in [-0.2, -0.15) is 0 Å². The molecule has 0 saturated heterocycles. The molecule has 6 nitrogen and oxygen atoms in total. The predicted octanol–water partition coefficient (Wildman–Crippen LogP) is 3.24. The fourth-order valence-corrected chi connectivity index (χ4v) is 2.43. The molecule has 0 aliphatic heterocycles. The smallest absolute Gasteiger partial charge is 0.315 e. The maximum atomic E-state index is 11.3. The van der Waals surface area contributed by atoms with Gasteiger partial charge in [0, 0.05) is 13.1 Å². The molecule has 0 amide bonds. The van der Waals surface area contributed by atoms with E-state index < -0.39 is 11.0 Å². The molecule has 1 aromatic carbocycles. The van der Waals surface area contributed by atoms with Crippen LogP contribution in [0.3, 0.4) is 0 Å². The molecule has 0 heterocycles. The molecule has 1 aromatic rings. The number of benzene rings is 1. The van der Waals surface area contributed by atoms with Crippen molar-refractivity contribution in [3.63, 3.8) is 0 Å². The molecule has 3 N–H and O–H groups in total. The second kappa shape index (κ2) is 8.46. The summed E-state index contributed by atoms with van der Waals surface area (Å²) < 4.78 is 0. The van der Waals surface area contributed by atoms with Crippen LogP contribution in [0.1, 0.15) is 33.6 Å². The van der Waals surface area contributed by atoms with Crippen LogP contribution in [-0.4, -0.2) is 29.2 Å². The Morgan fingerprint density at radius 2 is 1.76 bits per heavy atom. The highest BCUT2D eigenvalue weighted by molar-refractivity contribution is 5.76. The summed E-state index contributed by atoms with van der Waals surface area (Å²) in [6, 6.07) is 5.11. The number of nitro groups is 1. The van der Waals surface area contributed by atoms with Crippen molar-refractivity contribution in [3.8, 4) is 0 Å². The first kappa shape index (κ1) is 17.2. The van der Waals surface area contributed by atoms with E-state index in [1.807, 2.05) is 20.8 Å². The lowest BCUT2D eigenvalue weighted by molar-refractivity contribution is -0.383. The molecular weight excluding hydrogens is 270 g/mol. The van der Waals surface area contributed by atoms with Crippen LogP contribution in [0, 0.1) is 16.0 Å². The van der Waals surface area contributed by atoms with E-state index in [9.17, 15) is 15.2 Å². The summed E-state index contributed by atoms with van der Waals surface area (Å²) in [5.41, 5.74) is 0.948. The fourth-order valence-electron chi connectivity index (χ4n) is 2.43. The first-order valence-corrected chi connectivity index (χ1v) is 7.48. The summed E-state index contributed by atoms with van der Waals surface area (Å²) in [6.07, 6.45) is 1.26. The highest BCUT2D eigenvalue weighted by atomic mass is 16.6. The lowest BCUT2D eigenvalue weighted by Crippen LogP contribution is -2.27. The van der Waals surface area contributed by atoms with E-state index in [2.05, 4.69) is 10.6 Å². The van der Waals surface area contributed by atoms with E-state index in [0.717, 1.165) is 12.8 Å². The lowest BCUT2D eigenvalue weighted by Gasteiger charge is -2.21. The molecule has 0 fully saturated rings. The number of nitrogens with one attached hydrogen (secondary N) is 2. The minimum atomic E-state index is -0.512. The van der Waals surface area contributed by atoms with Crippen molar-refractivity contribution in [2.24, 2.45) is 5.92 Å². The largest absolute Gasteiger partial charge is 0.391 e. The molecule has 0 aromatic heterocycles. The van der Waals surface area contributed by atoms with Crippen molar-refractivity contribution in [2.45, 2.75) is 39.7 Å². The van der Waals surface area contributed by atoms with Gasteiger partial charge in [-0.3, -0.25) is 10.1 Å². The van der Waals surface area contributed by atoms with Crippen molar-refractivity contribution in [2.75, 3.05) is 23.7 Å². The van der Waals surface area contributed by atoms with Gasteiger partial charge in [0.05, 0.1) is 11.0 Å². The summed E-state index contributed by atoms with van der Waals surface area (Å²) in [6.45, 7) is 6.88. The molecule has 6 heteroatoms. The monoisotopic (exact) mass is 295 g/mol. The zero-order valence-corrected chi connectivity index (χ0v) is 12.9. The molecule has 0 saturated carbocycles. The zero-order chi connectivity index (χ0) is 15.8. The maximum Gasteiger partial charge on any atom is 0.315 e. The maximum absolute atomic E-state index is 11.3. The van der Waals surface area contributed by atoms with Gasteiger partial charge >= 0.3 is 5.69 Å². The Labute approximate surface area is 125 Å². The molecule has 0 bridgehead atoms. The summed E-state index contributed by atoms with van der Waals surface area (Å²) in [7, 11) is 0. The van der Waals surface area contributed by atoms with Crippen LogP contribution in [0.2, 0.25) is 0 Å². The first-order valence-electron chi connectivity index (χ1n) is 7.48. The van der Waals surface area contributed by atoms with Gasteiger partial charge in [0.2, 0.25) is 0 Å². The van der Waals surface area contributed by atoms with E-state index in [1.165, 1.54) is 0 Å². The van der Waals surface area contributed by atoms with Gasteiger partial charge in [0.25, 0.3) is 0 Å². The zero-order valence-electron chi connectivity index (χ0n) is 12.9. The number of anilines is 2. The molecule has 1 rings (SSSR count). The Morgan fingerprint density at radius 1 is 1.19 bits per heavy atom. The summed E-state index contributed by atoms with van der Waals surface area (Å²) in [4.78, 5) is 10.9.